The van der Waals surface area contributed by atoms with Gasteiger partial charge in [-0.25, -0.2) is 4.39 Å². The molecule has 4 atom stereocenters. The van der Waals surface area contributed by atoms with E-state index in [9.17, 15) is 9.65 Å². The summed E-state index contributed by atoms with van der Waals surface area (Å²) in [4.78, 5) is 11.9. The zero-order valence-corrected chi connectivity index (χ0v) is 22.3. The predicted octanol–water partition coefficient (Wildman–Crippen LogP) is 3.56. The Labute approximate surface area is 227 Å². The van der Waals surface area contributed by atoms with Crippen LogP contribution in [0.15, 0.2) is 12.1 Å². The van der Waals surface area contributed by atoms with Crippen LogP contribution in [-0.2, 0) is 28.1 Å². The molecule has 3 N–H and O–H groups in total. The van der Waals surface area contributed by atoms with Gasteiger partial charge in [0.15, 0.2) is 0 Å². The number of alkyl halides is 1. The number of nitriles is 1. The number of nitrogens with zero attached hydrogens (tertiary/aromatic N) is 4. The van der Waals surface area contributed by atoms with Gasteiger partial charge in [0.1, 0.15) is 30.3 Å². The van der Waals surface area contributed by atoms with Gasteiger partial charge in [-0.3, -0.25) is 4.90 Å². The molecule has 3 fully saturated rings. The SMILES string of the molecule is CC1CCC2(Cc3nc(OCC45CCCN4CC(F)C5)nc(NC4COC4)c3CO2)c2c1ccc(N)c2C#N. The highest BCUT2D eigenvalue weighted by molar-refractivity contribution is 5.64. The van der Waals surface area contributed by atoms with Gasteiger partial charge in [-0.15, -0.1) is 0 Å². The lowest BCUT2D eigenvalue weighted by Gasteiger charge is -2.44. The Hall–Kier alpha value is -3.00. The number of benzene rings is 1. The van der Waals surface area contributed by atoms with E-state index in [1.165, 1.54) is 0 Å². The van der Waals surface area contributed by atoms with Gasteiger partial charge in [-0.05, 0) is 49.8 Å². The fourth-order valence-corrected chi connectivity index (χ4v) is 7.39. The van der Waals surface area contributed by atoms with Gasteiger partial charge in [0.25, 0.3) is 0 Å². The van der Waals surface area contributed by atoms with E-state index in [-0.39, 0.29) is 11.6 Å². The molecule has 0 bridgehead atoms. The summed E-state index contributed by atoms with van der Waals surface area (Å²) in [5, 5.41) is 13.6. The van der Waals surface area contributed by atoms with Gasteiger partial charge < -0.3 is 25.3 Å². The third-order valence-electron chi connectivity index (χ3n) is 9.58. The quantitative estimate of drug-likeness (QED) is 0.555. The first-order chi connectivity index (χ1) is 18.9. The Balaban J connectivity index is 1.25. The molecule has 5 aliphatic rings. The molecule has 206 valence electrons. The van der Waals surface area contributed by atoms with Gasteiger partial charge >= 0.3 is 6.01 Å². The first-order valence-corrected chi connectivity index (χ1v) is 14.1. The summed E-state index contributed by atoms with van der Waals surface area (Å²) in [7, 11) is 0. The lowest BCUT2D eigenvalue weighted by molar-refractivity contribution is -0.0873. The molecule has 1 aromatic heterocycles. The summed E-state index contributed by atoms with van der Waals surface area (Å²) in [5.41, 5.74) is 10.1. The van der Waals surface area contributed by atoms with Crippen LogP contribution in [0.4, 0.5) is 15.9 Å². The van der Waals surface area contributed by atoms with Crippen LogP contribution in [-0.4, -0.2) is 65.5 Å². The fraction of sp³-hybridized carbons (Fsp3) is 0.621. The first kappa shape index (κ1) is 25.0. The summed E-state index contributed by atoms with van der Waals surface area (Å²) in [5.74, 6) is 1.01. The number of hydrogen-bond acceptors (Lipinski definition) is 9. The molecule has 10 heteroatoms. The number of ether oxygens (including phenoxy) is 3. The Morgan fingerprint density at radius 3 is 2.97 bits per heavy atom. The third kappa shape index (κ3) is 4.05. The number of rotatable bonds is 5. The molecule has 5 heterocycles. The molecule has 39 heavy (non-hydrogen) atoms. The Morgan fingerprint density at radius 2 is 2.18 bits per heavy atom. The molecule has 1 aliphatic carbocycles. The Kier molecular flexibility index (Phi) is 5.95. The molecule has 4 aliphatic heterocycles. The zero-order valence-electron chi connectivity index (χ0n) is 22.3. The highest BCUT2D eigenvalue weighted by Crippen LogP contribution is 2.51. The van der Waals surface area contributed by atoms with Crippen LogP contribution in [0.2, 0.25) is 0 Å². The number of hydrogen-bond donors (Lipinski definition) is 2. The van der Waals surface area contributed by atoms with Crippen LogP contribution in [0.1, 0.15) is 72.9 Å². The van der Waals surface area contributed by atoms with Gasteiger partial charge in [-0.2, -0.15) is 15.2 Å². The van der Waals surface area contributed by atoms with Crippen molar-refractivity contribution >= 4 is 11.5 Å². The third-order valence-corrected chi connectivity index (χ3v) is 9.58. The molecule has 0 radical (unpaired) electrons. The van der Waals surface area contributed by atoms with Crippen LogP contribution in [0, 0.1) is 11.3 Å². The van der Waals surface area contributed by atoms with E-state index in [1.807, 2.05) is 12.1 Å². The number of nitrogens with one attached hydrogen (secondary N) is 1. The molecule has 9 nitrogen and oxygen atoms in total. The molecule has 4 unspecified atom stereocenters. The predicted molar refractivity (Wildman–Crippen MR) is 142 cm³/mol. The van der Waals surface area contributed by atoms with Crippen molar-refractivity contribution in [1.29, 1.82) is 5.26 Å². The smallest absolute Gasteiger partial charge is 0.318 e. The topological polar surface area (TPSA) is 119 Å². The largest absolute Gasteiger partial charge is 0.461 e. The Bertz CT molecular complexity index is 1350. The molecule has 2 aromatic rings. The van der Waals surface area contributed by atoms with Gasteiger partial charge in [0, 0.05) is 36.2 Å². The van der Waals surface area contributed by atoms with Crippen LogP contribution < -0.4 is 15.8 Å². The molecule has 3 saturated heterocycles. The van der Waals surface area contributed by atoms with Crippen molar-refractivity contribution in [2.75, 3.05) is 44.0 Å². The van der Waals surface area contributed by atoms with E-state index in [4.69, 9.17) is 29.9 Å². The maximum atomic E-state index is 14.3. The number of fused-ring (bicyclic) bond motifs is 4. The van der Waals surface area contributed by atoms with E-state index < -0.39 is 11.8 Å². The summed E-state index contributed by atoms with van der Waals surface area (Å²) in [6, 6.07) is 6.70. The number of aromatic nitrogens is 2. The molecule has 1 aromatic carbocycles. The second-order valence-electron chi connectivity index (χ2n) is 12.0. The molecular weight excluding hydrogens is 499 g/mol. The maximum absolute atomic E-state index is 14.3. The van der Waals surface area contributed by atoms with Crippen molar-refractivity contribution < 1.29 is 18.6 Å². The fourth-order valence-electron chi connectivity index (χ4n) is 7.39. The van der Waals surface area contributed by atoms with Gasteiger partial charge in [-0.1, -0.05) is 13.0 Å². The van der Waals surface area contributed by atoms with Gasteiger partial charge in [0.2, 0.25) is 0 Å². The van der Waals surface area contributed by atoms with Crippen LogP contribution >= 0.6 is 0 Å². The molecular formula is C29H35FN6O3. The molecule has 1 spiro atoms. The highest BCUT2D eigenvalue weighted by atomic mass is 19.1. The normalized spacial score (nSPS) is 31.7. The Morgan fingerprint density at radius 1 is 1.31 bits per heavy atom. The average molecular weight is 535 g/mol. The van der Waals surface area contributed by atoms with Crippen LogP contribution in [0.5, 0.6) is 6.01 Å². The highest BCUT2D eigenvalue weighted by Gasteiger charge is 2.50. The van der Waals surface area contributed by atoms with Crippen molar-refractivity contribution in [3.63, 3.8) is 0 Å². The minimum atomic E-state index is -0.818. The summed E-state index contributed by atoms with van der Waals surface area (Å²) >= 11 is 0. The number of halogens is 1. The van der Waals surface area contributed by atoms with Crippen LogP contribution in [0.3, 0.4) is 0 Å². The minimum absolute atomic E-state index is 0.167. The standard InChI is InChI=1S/C29H35FN6O3/c1-17-5-7-29(25-20(17)3-4-23(32)21(25)11-31)10-24-22(15-39-29)26(33-19-13-37-14-19)35-27(34-24)38-16-28-6-2-8-36(28)12-18(30)9-28/h3-4,17-19H,2,5-10,12-16,32H2,1H3,(H,33,34,35). The van der Waals surface area contributed by atoms with E-state index in [0.717, 1.165) is 54.6 Å². The number of nitrogen functional groups attached to an aromatic ring is 1. The van der Waals surface area contributed by atoms with Crippen LogP contribution in [0.25, 0.3) is 0 Å². The molecule has 0 saturated carbocycles. The molecule has 0 amide bonds. The summed E-state index contributed by atoms with van der Waals surface area (Å²) < 4.78 is 32.7. The van der Waals surface area contributed by atoms with Gasteiger partial charge in [0.05, 0.1) is 42.7 Å². The van der Waals surface area contributed by atoms with E-state index in [2.05, 4.69) is 23.2 Å². The van der Waals surface area contributed by atoms with Crippen molar-refractivity contribution in [3.8, 4) is 12.1 Å². The second kappa shape index (κ2) is 9.29. The van der Waals surface area contributed by atoms with E-state index in [0.29, 0.717) is 74.8 Å². The van der Waals surface area contributed by atoms with Crippen molar-refractivity contribution in [2.45, 2.75) is 81.3 Å². The van der Waals surface area contributed by atoms with Crippen molar-refractivity contribution in [3.05, 3.63) is 40.1 Å². The second-order valence-corrected chi connectivity index (χ2v) is 12.0. The number of nitrogens with two attached hydrogens (primary N) is 1. The first-order valence-electron chi connectivity index (χ1n) is 14.1. The summed E-state index contributed by atoms with van der Waals surface area (Å²) in [6.45, 7) is 5.50. The average Bonchev–Trinajstić information content (AvgIpc) is 3.42. The minimum Gasteiger partial charge on any atom is -0.461 e. The van der Waals surface area contributed by atoms with E-state index in [1.54, 1.807) is 0 Å². The maximum Gasteiger partial charge on any atom is 0.318 e. The van der Waals surface area contributed by atoms with E-state index >= 15 is 0 Å². The lowest BCUT2D eigenvalue weighted by Crippen LogP contribution is -2.44. The molecule has 7 rings (SSSR count). The zero-order chi connectivity index (χ0) is 26.8. The monoisotopic (exact) mass is 534 g/mol. The van der Waals surface area contributed by atoms with Crippen molar-refractivity contribution in [1.82, 2.24) is 14.9 Å². The van der Waals surface area contributed by atoms with Crippen molar-refractivity contribution in [2.24, 2.45) is 0 Å². The lowest BCUT2D eigenvalue weighted by atomic mass is 9.69. The number of anilines is 2. The summed E-state index contributed by atoms with van der Waals surface area (Å²) in [6.07, 6.45) is 3.87.